The van der Waals surface area contributed by atoms with Gasteiger partial charge in [-0.15, -0.1) is 22.7 Å². The van der Waals surface area contributed by atoms with Crippen LogP contribution in [-0.2, 0) is 5.41 Å². The molecule has 0 radical (unpaired) electrons. The molecule has 0 N–H and O–H groups in total. The van der Waals surface area contributed by atoms with Crippen molar-refractivity contribution in [3.8, 4) is 9.75 Å². The molecule has 0 atom stereocenters. The lowest BCUT2D eigenvalue weighted by Crippen LogP contribution is -2.31. The molecular weight excluding hydrogens is 528 g/mol. The SMILES string of the molecule is CCC1(CC)c2cc(N=c3c(=O)c4ccccc4c3=O)sc2-c2sc(N=c3c(=O)c4ccccc4c3=O)cc21. The van der Waals surface area contributed by atoms with Gasteiger partial charge in [-0.3, -0.25) is 19.2 Å². The Kier molecular flexibility index (Phi) is 5.17. The lowest BCUT2D eigenvalue weighted by molar-refractivity contribution is 0.492. The Morgan fingerprint density at radius 2 is 0.923 bits per heavy atom. The highest BCUT2D eigenvalue weighted by molar-refractivity contribution is 7.26. The van der Waals surface area contributed by atoms with Crippen molar-refractivity contribution in [3.63, 3.8) is 0 Å². The van der Waals surface area contributed by atoms with Gasteiger partial charge in [0.1, 0.15) is 10.0 Å². The maximum atomic E-state index is 12.9. The van der Waals surface area contributed by atoms with E-state index in [0.717, 1.165) is 33.7 Å². The van der Waals surface area contributed by atoms with E-state index in [1.165, 1.54) is 22.7 Å². The van der Waals surface area contributed by atoms with E-state index in [-0.39, 0.29) is 37.8 Å². The molecule has 0 bridgehead atoms. The van der Waals surface area contributed by atoms with Crippen molar-refractivity contribution in [2.24, 2.45) is 9.98 Å². The molecule has 0 amide bonds. The third-order valence-corrected chi connectivity index (χ3v) is 10.2. The van der Waals surface area contributed by atoms with Crippen LogP contribution >= 0.6 is 22.7 Å². The molecule has 39 heavy (non-hydrogen) atoms. The van der Waals surface area contributed by atoms with Crippen LogP contribution in [-0.4, -0.2) is 0 Å². The first-order valence-corrected chi connectivity index (χ1v) is 14.3. The number of hydrogen-bond acceptors (Lipinski definition) is 8. The standard InChI is InChI=1S/C31H20N2O4S2/c1-3-31(4-2)19-13-21(32-23-25(34)15-9-5-6-10-16(15)26(23)35)38-29(19)30-20(31)14-22(39-30)33-24-27(36)17-11-7-8-12-18(17)28(24)37/h5-14H,3-4H2,1-2H3. The van der Waals surface area contributed by atoms with E-state index in [1.807, 2.05) is 12.1 Å². The van der Waals surface area contributed by atoms with Gasteiger partial charge >= 0.3 is 0 Å². The van der Waals surface area contributed by atoms with E-state index in [0.29, 0.717) is 31.5 Å². The van der Waals surface area contributed by atoms with Crippen molar-refractivity contribution in [1.29, 1.82) is 0 Å². The zero-order valence-electron chi connectivity index (χ0n) is 21.0. The van der Waals surface area contributed by atoms with Crippen LogP contribution in [0.1, 0.15) is 37.8 Å². The molecule has 0 saturated heterocycles. The number of nitrogens with zero attached hydrogens (tertiary/aromatic N) is 2. The molecule has 7 rings (SSSR count). The van der Waals surface area contributed by atoms with Gasteiger partial charge in [0.2, 0.25) is 21.7 Å². The van der Waals surface area contributed by atoms with E-state index in [9.17, 15) is 19.2 Å². The fourth-order valence-electron chi connectivity index (χ4n) is 5.97. The molecular formula is C31H20N2O4S2. The minimum absolute atomic E-state index is 0.0500. The molecule has 2 aromatic heterocycles. The fraction of sp³-hybridized carbons (Fsp3) is 0.161. The van der Waals surface area contributed by atoms with E-state index >= 15 is 0 Å². The Bertz CT molecular complexity index is 2040. The van der Waals surface area contributed by atoms with Gasteiger partial charge in [0.25, 0.3) is 0 Å². The average molecular weight is 549 g/mol. The van der Waals surface area contributed by atoms with E-state index in [4.69, 9.17) is 0 Å². The smallest absolute Gasteiger partial charge is 0.216 e. The summed E-state index contributed by atoms with van der Waals surface area (Å²) in [6, 6.07) is 17.6. The van der Waals surface area contributed by atoms with Crippen molar-refractivity contribution >= 4 is 54.2 Å². The predicted octanol–water partition coefficient (Wildman–Crippen LogP) is 4.86. The number of benzene rings is 2. The minimum atomic E-state index is -0.344. The molecule has 190 valence electrons. The van der Waals surface area contributed by atoms with Crippen molar-refractivity contribution < 1.29 is 0 Å². The van der Waals surface area contributed by atoms with Gasteiger partial charge in [-0.1, -0.05) is 62.4 Å². The molecule has 4 aromatic carbocycles. The van der Waals surface area contributed by atoms with E-state index in [2.05, 4.69) is 23.8 Å². The second kappa shape index (κ2) is 8.43. The van der Waals surface area contributed by atoms with Gasteiger partial charge in [-0.05, 0) is 36.1 Å². The lowest BCUT2D eigenvalue weighted by Gasteiger charge is -2.27. The van der Waals surface area contributed by atoms with Crippen LogP contribution < -0.4 is 32.4 Å². The molecule has 2 heterocycles. The average Bonchev–Trinajstić information content (AvgIpc) is 3.72. The van der Waals surface area contributed by atoms with Crippen molar-refractivity contribution in [2.45, 2.75) is 32.1 Å². The Morgan fingerprint density at radius 3 is 1.23 bits per heavy atom. The highest BCUT2D eigenvalue weighted by Crippen LogP contribution is 2.60. The largest absolute Gasteiger partial charge is 0.287 e. The highest BCUT2D eigenvalue weighted by Gasteiger charge is 2.44. The number of fused-ring (bicyclic) bond motifs is 5. The van der Waals surface area contributed by atoms with Crippen LogP contribution in [0.4, 0.5) is 10.0 Å². The molecule has 8 heteroatoms. The second-order valence-electron chi connectivity index (χ2n) is 9.77. The highest BCUT2D eigenvalue weighted by atomic mass is 32.1. The summed E-state index contributed by atoms with van der Waals surface area (Å²) in [4.78, 5) is 62.8. The zero-order chi connectivity index (χ0) is 27.1. The topological polar surface area (TPSA) is 93.0 Å². The Hall–Kier alpha value is -4.14. The molecule has 0 saturated carbocycles. The summed E-state index contributed by atoms with van der Waals surface area (Å²) in [5.41, 5.74) is 0.604. The van der Waals surface area contributed by atoms with Crippen LogP contribution in [0.5, 0.6) is 0 Å². The first-order valence-electron chi connectivity index (χ1n) is 12.7. The van der Waals surface area contributed by atoms with E-state index < -0.39 is 0 Å². The zero-order valence-corrected chi connectivity index (χ0v) is 22.7. The molecule has 1 aliphatic carbocycles. The summed E-state index contributed by atoms with van der Waals surface area (Å²) in [6.07, 6.45) is 1.66. The Morgan fingerprint density at radius 1 is 0.590 bits per heavy atom. The molecule has 6 aromatic rings. The maximum absolute atomic E-state index is 12.9. The monoisotopic (exact) mass is 548 g/mol. The van der Waals surface area contributed by atoms with Crippen LogP contribution in [0, 0.1) is 0 Å². The van der Waals surface area contributed by atoms with Gasteiger partial charge in [0, 0.05) is 27.0 Å². The quantitative estimate of drug-likeness (QED) is 0.315. The second-order valence-corrected chi connectivity index (χ2v) is 11.8. The number of hydrogen-bond donors (Lipinski definition) is 0. The summed E-state index contributed by atoms with van der Waals surface area (Å²) in [6.45, 7) is 4.27. The van der Waals surface area contributed by atoms with Gasteiger partial charge in [-0.2, -0.15) is 0 Å². The molecule has 6 nitrogen and oxygen atoms in total. The minimum Gasteiger partial charge on any atom is -0.287 e. The summed E-state index contributed by atoms with van der Waals surface area (Å²) < 4.78 is 0. The van der Waals surface area contributed by atoms with Crippen LogP contribution in [0.3, 0.4) is 0 Å². The summed E-state index contributed by atoms with van der Waals surface area (Å²) in [5, 5.41) is 2.69. The van der Waals surface area contributed by atoms with Gasteiger partial charge < -0.3 is 0 Å². The Labute approximate surface area is 228 Å². The fourth-order valence-corrected chi connectivity index (χ4v) is 8.40. The molecule has 1 aliphatic rings. The van der Waals surface area contributed by atoms with Crippen molar-refractivity contribution in [1.82, 2.24) is 0 Å². The molecule has 0 unspecified atom stereocenters. The number of rotatable bonds is 4. The maximum Gasteiger partial charge on any atom is 0.216 e. The number of thiophene rings is 2. The van der Waals surface area contributed by atoms with Crippen molar-refractivity contribution in [2.75, 3.05) is 0 Å². The first-order chi connectivity index (χ1) is 18.9. The molecule has 0 spiro atoms. The summed E-state index contributed by atoms with van der Waals surface area (Å²) >= 11 is 2.90. The third-order valence-electron chi connectivity index (χ3n) is 8.02. The van der Waals surface area contributed by atoms with Crippen LogP contribution in [0.25, 0.3) is 31.3 Å². The summed E-state index contributed by atoms with van der Waals surface area (Å²) in [7, 11) is 0. The van der Waals surface area contributed by atoms with Crippen molar-refractivity contribution in [3.05, 3.63) is 123 Å². The first kappa shape index (κ1) is 23.9. The van der Waals surface area contributed by atoms with E-state index in [1.54, 1.807) is 48.5 Å². The predicted molar refractivity (Wildman–Crippen MR) is 157 cm³/mol. The normalized spacial score (nSPS) is 13.7. The van der Waals surface area contributed by atoms with Crippen LogP contribution in [0.2, 0.25) is 0 Å². The lowest BCUT2D eigenvalue weighted by atomic mass is 9.75. The van der Waals surface area contributed by atoms with Crippen LogP contribution in [0.15, 0.2) is 89.8 Å². The Balaban J connectivity index is 1.42. The van der Waals surface area contributed by atoms with Gasteiger partial charge in [0.15, 0.2) is 10.7 Å². The molecule has 0 fully saturated rings. The summed E-state index contributed by atoms with van der Waals surface area (Å²) in [5.74, 6) is 0. The molecule has 0 aliphatic heterocycles. The van der Waals surface area contributed by atoms with Gasteiger partial charge in [-0.25, -0.2) is 9.98 Å². The van der Waals surface area contributed by atoms with Gasteiger partial charge in [0.05, 0.1) is 9.75 Å². The third kappa shape index (κ3) is 3.19.